The fourth-order valence-corrected chi connectivity index (χ4v) is 2.84. The van der Waals surface area contributed by atoms with E-state index in [-0.39, 0.29) is 17.4 Å². The molecular weight excluding hydrogens is 385 g/mol. The van der Waals surface area contributed by atoms with Crippen LogP contribution in [0, 0.1) is 5.82 Å². The summed E-state index contributed by atoms with van der Waals surface area (Å²) in [6.45, 7) is 4.80. The fraction of sp³-hybridized carbons (Fsp3) is 0.238. The number of esters is 1. The highest BCUT2D eigenvalue weighted by molar-refractivity contribution is 6.32. The van der Waals surface area contributed by atoms with Crippen molar-refractivity contribution < 1.29 is 23.4 Å². The second kappa shape index (κ2) is 8.89. The van der Waals surface area contributed by atoms with Gasteiger partial charge in [0.05, 0.1) is 18.2 Å². The largest absolute Gasteiger partial charge is 0.490 e. The van der Waals surface area contributed by atoms with Crippen LogP contribution in [-0.4, -0.2) is 25.1 Å². The summed E-state index contributed by atoms with van der Waals surface area (Å²) in [5, 5.41) is 0.375. The molecule has 0 atom stereocenters. The van der Waals surface area contributed by atoms with Crippen molar-refractivity contribution >= 4 is 29.5 Å². The number of ether oxygens (including phenoxy) is 3. The van der Waals surface area contributed by atoms with E-state index in [1.807, 2.05) is 13.8 Å². The summed E-state index contributed by atoms with van der Waals surface area (Å²) < 4.78 is 29.6. The molecule has 5 nitrogen and oxygen atoms in total. The Bertz CT molecular complexity index is 938. The van der Waals surface area contributed by atoms with Crippen LogP contribution in [0.5, 0.6) is 11.5 Å². The molecular formula is C21H19ClFNO4. The number of nitrogens with zero attached hydrogens (tertiary/aromatic N) is 1. The summed E-state index contributed by atoms with van der Waals surface area (Å²) in [4.78, 5) is 16.4. The number of benzene rings is 2. The third-order valence-electron chi connectivity index (χ3n) is 3.80. The van der Waals surface area contributed by atoms with Crippen LogP contribution in [0.15, 0.2) is 47.1 Å². The van der Waals surface area contributed by atoms with Gasteiger partial charge in [-0.05, 0) is 61.4 Å². The summed E-state index contributed by atoms with van der Waals surface area (Å²) in [6, 6.07) is 8.93. The molecule has 0 saturated carbocycles. The number of carbonyl (C=O) groups is 1. The number of carbonyl (C=O) groups excluding carboxylic acids is 1. The van der Waals surface area contributed by atoms with Crippen molar-refractivity contribution in [2.75, 3.05) is 13.2 Å². The van der Waals surface area contributed by atoms with Gasteiger partial charge in [0.1, 0.15) is 5.82 Å². The van der Waals surface area contributed by atoms with Gasteiger partial charge < -0.3 is 14.2 Å². The van der Waals surface area contributed by atoms with E-state index < -0.39 is 5.97 Å². The molecule has 0 unspecified atom stereocenters. The van der Waals surface area contributed by atoms with E-state index in [0.717, 1.165) is 6.42 Å². The van der Waals surface area contributed by atoms with Gasteiger partial charge in [-0.15, -0.1) is 0 Å². The number of halogens is 2. The minimum absolute atomic E-state index is 0.111. The maximum absolute atomic E-state index is 13.1. The van der Waals surface area contributed by atoms with Gasteiger partial charge in [0.15, 0.2) is 17.2 Å². The smallest absolute Gasteiger partial charge is 0.363 e. The van der Waals surface area contributed by atoms with Gasteiger partial charge >= 0.3 is 5.97 Å². The minimum atomic E-state index is -0.597. The van der Waals surface area contributed by atoms with Crippen LogP contribution in [-0.2, 0) is 9.53 Å². The third kappa shape index (κ3) is 4.51. The molecule has 7 heteroatoms. The Hall–Kier alpha value is -2.86. The summed E-state index contributed by atoms with van der Waals surface area (Å²) in [5.41, 5.74) is 1.24. The van der Waals surface area contributed by atoms with Gasteiger partial charge in [0, 0.05) is 5.56 Å². The van der Waals surface area contributed by atoms with Gasteiger partial charge in [-0.3, -0.25) is 0 Å². The molecule has 2 aromatic carbocycles. The van der Waals surface area contributed by atoms with Gasteiger partial charge in [-0.1, -0.05) is 18.5 Å². The molecule has 146 valence electrons. The van der Waals surface area contributed by atoms with E-state index in [9.17, 15) is 9.18 Å². The van der Waals surface area contributed by atoms with Gasteiger partial charge in [-0.2, -0.15) is 0 Å². The Kier molecular flexibility index (Phi) is 6.31. The van der Waals surface area contributed by atoms with Crippen LogP contribution in [0.3, 0.4) is 0 Å². The Morgan fingerprint density at radius 2 is 1.93 bits per heavy atom. The average Bonchev–Trinajstić information content (AvgIpc) is 3.02. The van der Waals surface area contributed by atoms with Crippen LogP contribution >= 0.6 is 11.6 Å². The Morgan fingerprint density at radius 3 is 2.61 bits per heavy atom. The Balaban J connectivity index is 1.93. The summed E-state index contributed by atoms with van der Waals surface area (Å²) in [5.74, 6) is 0.101. The van der Waals surface area contributed by atoms with Crippen molar-refractivity contribution in [2.45, 2.75) is 20.3 Å². The average molecular weight is 404 g/mol. The third-order valence-corrected chi connectivity index (χ3v) is 4.08. The Labute approximate surface area is 167 Å². The van der Waals surface area contributed by atoms with E-state index >= 15 is 0 Å². The normalized spacial score (nSPS) is 14.8. The predicted octanol–water partition coefficient (Wildman–Crippen LogP) is 5.01. The number of hydrogen-bond donors (Lipinski definition) is 0. The summed E-state index contributed by atoms with van der Waals surface area (Å²) in [6.07, 6.45) is 2.39. The molecule has 0 aliphatic carbocycles. The lowest BCUT2D eigenvalue weighted by atomic mass is 10.1. The van der Waals surface area contributed by atoms with E-state index in [4.69, 9.17) is 25.8 Å². The van der Waals surface area contributed by atoms with Crippen molar-refractivity contribution in [3.8, 4) is 11.5 Å². The highest BCUT2D eigenvalue weighted by Gasteiger charge is 2.24. The van der Waals surface area contributed by atoms with Crippen molar-refractivity contribution in [3.05, 3.63) is 64.1 Å². The Morgan fingerprint density at radius 1 is 1.18 bits per heavy atom. The molecule has 0 radical (unpaired) electrons. The molecule has 3 rings (SSSR count). The first kappa shape index (κ1) is 19.9. The zero-order valence-electron chi connectivity index (χ0n) is 15.5. The first-order chi connectivity index (χ1) is 13.5. The molecule has 28 heavy (non-hydrogen) atoms. The van der Waals surface area contributed by atoms with Crippen molar-refractivity contribution in [3.63, 3.8) is 0 Å². The molecule has 1 aliphatic heterocycles. The second-order valence-corrected chi connectivity index (χ2v) is 6.36. The SMILES string of the molecule is CCCOc1c(Cl)cc(C=C2N=C(c3ccc(F)cc3)OC2=O)cc1OCC. The van der Waals surface area contributed by atoms with Crippen molar-refractivity contribution in [2.24, 2.45) is 4.99 Å². The molecule has 0 saturated heterocycles. The molecule has 0 spiro atoms. The summed E-state index contributed by atoms with van der Waals surface area (Å²) in [7, 11) is 0. The zero-order chi connectivity index (χ0) is 20.1. The predicted molar refractivity (Wildman–Crippen MR) is 105 cm³/mol. The molecule has 0 fully saturated rings. The van der Waals surface area contributed by atoms with Crippen LogP contribution in [0.4, 0.5) is 4.39 Å². The van der Waals surface area contributed by atoms with Crippen LogP contribution < -0.4 is 9.47 Å². The first-order valence-corrected chi connectivity index (χ1v) is 9.27. The van der Waals surface area contributed by atoms with Crippen molar-refractivity contribution in [1.29, 1.82) is 0 Å². The molecule has 0 N–H and O–H groups in total. The molecule has 2 aromatic rings. The highest BCUT2D eigenvalue weighted by atomic mass is 35.5. The maximum Gasteiger partial charge on any atom is 0.363 e. The number of cyclic esters (lactones) is 1. The van der Waals surface area contributed by atoms with Gasteiger partial charge in [-0.25, -0.2) is 14.2 Å². The molecule has 1 aliphatic rings. The quantitative estimate of drug-likeness (QED) is 0.481. The topological polar surface area (TPSA) is 57.1 Å². The van der Waals surface area contributed by atoms with Crippen LogP contribution in [0.1, 0.15) is 31.4 Å². The maximum atomic E-state index is 13.1. The number of rotatable bonds is 7. The van der Waals surface area contributed by atoms with Gasteiger partial charge in [0.25, 0.3) is 0 Å². The lowest BCUT2D eigenvalue weighted by Crippen LogP contribution is -2.05. The minimum Gasteiger partial charge on any atom is -0.490 e. The fourth-order valence-electron chi connectivity index (χ4n) is 2.56. The van der Waals surface area contributed by atoms with Crippen molar-refractivity contribution in [1.82, 2.24) is 0 Å². The summed E-state index contributed by atoms with van der Waals surface area (Å²) >= 11 is 6.35. The van der Waals surface area contributed by atoms with Crippen LogP contribution in [0.25, 0.3) is 6.08 Å². The molecule has 0 amide bonds. The lowest BCUT2D eigenvalue weighted by Gasteiger charge is -2.14. The van der Waals surface area contributed by atoms with E-state index in [1.165, 1.54) is 24.3 Å². The lowest BCUT2D eigenvalue weighted by molar-refractivity contribution is -0.129. The van der Waals surface area contributed by atoms with E-state index in [2.05, 4.69) is 4.99 Å². The van der Waals surface area contributed by atoms with E-state index in [0.29, 0.717) is 40.9 Å². The highest BCUT2D eigenvalue weighted by Crippen LogP contribution is 2.37. The number of hydrogen-bond acceptors (Lipinski definition) is 5. The molecule has 0 bridgehead atoms. The second-order valence-electron chi connectivity index (χ2n) is 5.95. The number of aliphatic imine (C=N–C) groups is 1. The molecule has 0 aromatic heterocycles. The monoisotopic (exact) mass is 403 g/mol. The van der Waals surface area contributed by atoms with Gasteiger partial charge in [0.2, 0.25) is 5.90 Å². The zero-order valence-corrected chi connectivity index (χ0v) is 16.3. The van der Waals surface area contributed by atoms with Crippen LogP contribution in [0.2, 0.25) is 5.02 Å². The van der Waals surface area contributed by atoms with E-state index in [1.54, 1.807) is 18.2 Å². The molecule has 1 heterocycles. The first-order valence-electron chi connectivity index (χ1n) is 8.89. The standard InChI is InChI=1S/C21H19ClFNO4/c1-3-9-27-19-16(22)10-13(12-18(19)26-4-2)11-17-21(25)28-20(24-17)14-5-7-15(23)8-6-14/h5-8,10-12H,3-4,9H2,1-2H3.